The second-order valence-electron chi connectivity index (χ2n) is 10.1. The molecule has 1 aromatic carbocycles. The maximum Gasteiger partial charge on any atom is 0.295 e. The Balaban J connectivity index is 1.67. The van der Waals surface area contributed by atoms with Gasteiger partial charge >= 0.3 is 0 Å². The zero-order valence-electron chi connectivity index (χ0n) is 23.8. The SMILES string of the molecule is CCCCOc1ccc(C2/C(=C(\O)c3nc4c(C)cccn4c3C)C(=O)C(=O)N2Cc2cccnc2)cc1OCC. The third-order valence-electron chi connectivity index (χ3n) is 7.26. The number of likely N-dealkylation sites (tertiary alicyclic amines) is 1. The molecule has 0 radical (unpaired) electrons. The van der Waals surface area contributed by atoms with E-state index >= 15 is 0 Å². The molecular weight excluding hydrogens is 520 g/mol. The number of aliphatic hydroxyl groups excluding tert-OH is 1. The summed E-state index contributed by atoms with van der Waals surface area (Å²) in [5.41, 5.74) is 3.84. The number of unbranched alkanes of at least 4 members (excludes halogenated alkanes) is 1. The third kappa shape index (κ3) is 5.27. The molecule has 4 heterocycles. The number of carbonyl (C=O) groups is 2. The topological polar surface area (TPSA) is 106 Å². The van der Waals surface area contributed by atoms with Crippen LogP contribution in [0.4, 0.5) is 0 Å². The van der Waals surface area contributed by atoms with E-state index in [1.165, 1.54) is 4.90 Å². The van der Waals surface area contributed by atoms with Crippen LogP contribution in [-0.4, -0.2) is 49.3 Å². The van der Waals surface area contributed by atoms with Gasteiger partial charge in [-0.3, -0.25) is 14.6 Å². The summed E-state index contributed by atoms with van der Waals surface area (Å²) in [6.45, 7) is 8.80. The maximum absolute atomic E-state index is 13.6. The number of ketones is 1. The van der Waals surface area contributed by atoms with Crippen molar-refractivity contribution >= 4 is 23.1 Å². The van der Waals surface area contributed by atoms with Crippen molar-refractivity contribution in [2.75, 3.05) is 13.2 Å². The minimum Gasteiger partial charge on any atom is -0.505 e. The molecule has 1 N–H and O–H groups in total. The number of hydrogen-bond donors (Lipinski definition) is 1. The highest BCUT2D eigenvalue weighted by atomic mass is 16.5. The number of Topliss-reactive ketones (excluding diaryl/α,β-unsaturated/α-hetero) is 1. The van der Waals surface area contributed by atoms with Crippen LogP contribution in [0.25, 0.3) is 11.4 Å². The van der Waals surface area contributed by atoms with Crippen LogP contribution in [-0.2, 0) is 16.1 Å². The van der Waals surface area contributed by atoms with E-state index in [9.17, 15) is 14.7 Å². The molecule has 0 aliphatic carbocycles. The molecule has 4 aromatic rings. The summed E-state index contributed by atoms with van der Waals surface area (Å²) in [5, 5.41) is 11.7. The van der Waals surface area contributed by atoms with Crippen LogP contribution >= 0.6 is 0 Å². The zero-order chi connectivity index (χ0) is 29.1. The van der Waals surface area contributed by atoms with Crippen LogP contribution in [0.15, 0.2) is 66.6 Å². The third-order valence-corrected chi connectivity index (χ3v) is 7.26. The minimum atomic E-state index is -0.885. The van der Waals surface area contributed by atoms with Gasteiger partial charge in [0.15, 0.2) is 17.3 Å². The molecule has 41 heavy (non-hydrogen) atoms. The lowest BCUT2D eigenvalue weighted by atomic mass is 9.95. The van der Waals surface area contributed by atoms with Gasteiger partial charge in [0.05, 0.1) is 30.5 Å². The van der Waals surface area contributed by atoms with E-state index in [0.29, 0.717) is 41.6 Å². The van der Waals surface area contributed by atoms with Crippen molar-refractivity contribution in [2.45, 2.75) is 53.1 Å². The largest absolute Gasteiger partial charge is 0.505 e. The highest BCUT2D eigenvalue weighted by Crippen LogP contribution is 2.43. The molecule has 5 rings (SSSR count). The molecule has 0 saturated carbocycles. The lowest BCUT2D eigenvalue weighted by molar-refractivity contribution is -0.140. The lowest BCUT2D eigenvalue weighted by Crippen LogP contribution is -2.29. The van der Waals surface area contributed by atoms with Gasteiger partial charge < -0.3 is 23.9 Å². The van der Waals surface area contributed by atoms with E-state index in [4.69, 9.17) is 9.47 Å². The van der Waals surface area contributed by atoms with E-state index in [-0.39, 0.29) is 23.6 Å². The predicted octanol–water partition coefficient (Wildman–Crippen LogP) is 5.55. The van der Waals surface area contributed by atoms with Crippen LogP contribution in [0, 0.1) is 13.8 Å². The van der Waals surface area contributed by atoms with Crippen molar-refractivity contribution in [1.29, 1.82) is 0 Å². The number of pyridine rings is 2. The fourth-order valence-electron chi connectivity index (χ4n) is 5.16. The van der Waals surface area contributed by atoms with Crippen molar-refractivity contribution in [3.8, 4) is 11.5 Å². The quantitative estimate of drug-likeness (QED) is 0.119. The van der Waals surface area contributed by atoms with E-state index in [2.05, 4.69) is 16.9 Å². The number of benzene rings is 1. The molecule has 0 bridgehead atoms. The summed E-state index contributed by atoms with van der Waals surface area (Å²) in [6.07, 6.45) is 7.05. The number of rotatable bonds is 10. The van der Waals surface area contributed by atoms with Gasteiger partial charge in [-0.05, 0) is 68.1 Å². The second-order valence-corrected chi connectivity index (χ2v) is 10.1. The molecule has 0 spiro atoms. The number of hydrogen-bond acceptors (Lipinski definition) is 7. The van der Waals surface area contributed by atoms with Gasteiger partial charge in [0, 0.05) is 25.1 Å². The van der Waals surface area contributed by atoms with Crippen molar-refractivity contribution in [3.63, 3.8) is 0 Å². The van der Waals surface area contributed by atoms with Crippen molar-refractivity contribution in [1.82, 2.24) is 19.3 Å². The second kappa shape index (κ2) is 11.8. The summed E-state index contributed by atoms with van der Waals surface area (Å²) in [6, 6.07) is 11.9. The van der Waals surface area contributed by atoms with Crippen molar-refractivity contribution in [2.24, 2.45) is 0 Å². The number of aryl methyl sites for hydroxylation is 2. The molecule has 9 heteroatoms. The highest BCUT2D eigenvalue weighted by Gasteiger charge is 2.47. The summed E-state index contributed by atoms with van der Waals surface area (Å²) in [5.74, 6) is -0.707. The smallest absolute Gasteiger partial charge is 0.295 e. The van der Waals surface area contributed by atoms with E-state index in [1.807, 2.05) is 55.6 Å². The van der Waals surface area contributed by atoms with Crippen LogP contribution in [0.2, 0.25) is 0 Å². The molecule has 1 saturated heterocycles. The number of nitrogens with zero attached hydrogens (tertiary/aromatic N) is 4. The fraction of sp³-hybridized carbons (Fsp3) is 0.312. The summed E-state index contributed by atoms with van der Waals surface area (Å²) in [7, 11) is 0. The average molecular weight is 555 g/mol. The average Bonchev–Trinajstić information content (AvgIpc) is 3.44. The first-order valence-corrected chi connectivity index (χ1v) is 13.9. The van der Waals surface area contributed by atoms with Crippen LogP contribution < -0.4 is 9.47 Å². The van der Waals surface area contributed by atoms with Gasteiger partial charge in [0.2, 0.25) is 0 Å². The fourth-order valence-corrected chi connectivity index (χ4v) is 5.16. The standard InChI is InChI=1S/C32H34N4O5/c1-5-7-16-41-24-13-12-23(17-25(24)40-6-2)28-26(30(38)32(39)36(28)19-22-11-8-14-33-18-22)29(37)27-21(4)35-15-9-10-20(3)31(35)34-27/h8-15,17-18,28,37H,5-7,16,19H2,1-4H3/b29-26+. The monoisotopic (exact) mass is 554 g/mol. The Kier molecular flexibility index (Phi) is 8.05. The Bertz CT molecular complexity index is 1630. The first-order valence-electron chi connectivity index (χ1n) is 13.9. The molecule has 1 aliphatic rings. The van der Waals surface area contributed by atoms with Gasteiger partial charge in [0.25, 0.3) is 11.7 Å². The number of aliphatic hydroxyl groups is 1. The van der Waals surface area contributed by atoms with E-state index < -0.39 is 17.7 Å². The van der Waals surface area contributed by atoms with Crippen molar-refractivity contribution < 1.29 is 24.2 Å². The molecule has 9 nitrogen and oxygen atoms in total. The van der Waals surface area contributed by atoms with Gasteiger partial charge in [-0.25, -0.2) is 4.98 Å². The Labute approximate surface area is 239 Å². The molecule has 1 aliphatic heterocycles. The molecule has 1 amide bonds. The molecule has 1 fully saturated rings. The van der Waals surface area contributed by atoms with Gasteiger partial charge in [0.1, 0.15) is 11.3 Å². The van der Waals surface area contributed by atoms with Crippen LogP contribution in [0.3, 0.4) is 0 Å². The molecule has 1 atom stereocenters. The van der Waals surface area contributed by atoms with Gasteiger partial charge in [-0.1, -0.05) is 31.5 Å². The summed E-state index contributed by atoms with van der Waals surface area (Å²) >= 11 is 0. The first-order chi connectivity index (χ1) is 19.8. The number of aromatic nitrogens is 3. The van der Waals surface area contributed by atoms with Crippen LogP contribution in [0.5, 0.6) is 11.5 Å². The Morgan fingerprint density at radius 1 is 1.05 bits per heavy atom. The minimum absolute atomic E-state index is 0.0230. The molecule has 3 aromatic heterocycles. The summed E-state index contributed by atoms with van der Waals surface area (Å²) < 4.78 is 13.7. The van der Waals surface area contributed by atoms with Gasteiger partial charge in [-0.2, -0.15) is 0 Å². The molecule has 212 valence electrons. The summed E-state index contributed by atoms with van der Waals surface area (Å²) in [4.78, 5) is 37.5. The highest BCUT2D eigenvalue weighted by molar-refractivity contribution is 6.46. The molecule has 1 unspecified atom stereocenters. The van der Waals surface area contributed by atoms with E-state index in [1.54, 1.807) is 30.6 Å². The Hall–Kier alpha value is -4.66. The first kappa shape index (κ1) is 27.9. The van der Waals surface area contributed by atoms with E-state index in [0.717, 1.165) is 24.0 Å². The lowest BCUT2D eigenvalue weighted by Gasteiger charge is -2.26. The maximum atomic E-state index is 13.6. The van der Waals surface area contributed by atoms with Gasteiger partial charge in [-0.15, -0.1) is 0 Å². The zero-order valence-corrected chi connectivity index (χ0v) is 23.8. The van der Waals surface area contributed by atoms with Crippen molar-refractivity contribution in [3.05, 3.63) is 94.7 Å². The number of imidazole rings is 1. The Morgan fingerprint density at radius 2 is 1.88 bits per heavy atom. The Morgan fingerprint density at radius 3 is 2.59 bits per heavy atom. The number of amides is 1. The number of fused-ring (bicyclic) bond motifs is 1. The predicted molar refractivity (Wildman–Crippen MR) is 155 cm³/mol. The normalized spacial score (nSPS) is 16.5. The number of ether oxygens (including phenoxy) is 2. The molecular formula is C32H34N4O5. The number of carbonyl (C=O) groups excluding carboxylic acids is 2. The van der Waals surface area contributed by atoms with Crippen LogP contribution in [0.1, 0.15) is 60.8 Å².